The molecule has 0 amide bonds. The Morgan fingerprint density at radius 2 is 1.70 bits per heavy atom. The van der Waals surface area contributed by atoms with Crippen LogP contribution in [0.15, 0.2) is 94.7 Å². The van der Waals surface area contributed by atoms with Gasteiger partial charge < -0.3 is 18.6 Å². The van der Waals surface area contributed by atoms with E-state index in [0.717, 1.165) is 27.9 Å². The topological polar surface area (TPSA) is 141 Å². The predicted octanol–water partition coefficient (Wildman–Crippen LogP) is 5.13. The summed E-state index contributed by atoms with van der Waals surface area (Å²) in [4.78, 5) is 1.89. The number of para-hydroxylation sites is 2. The molecule has 1 N–H and O–H groups in total. The zero-order valence-electron chi connectivity index (χ0n) is 23.5. The highest BCUT2D eigenvalue weighted by molar-refractivity contribution is 7.85. The van der Waals surface area contributed by atoms with Crippen LogP contribution in [0.2, 0.25) is 0 Å². The summed E-state index contributed by atoms with van der Waals surface area (Å²) < 4.78 is 80.1. The van der Waals surface area contributed by atoms with Crippen molar-refractivity contribution in [1.82, 2.24) is 0 Å². The number of hydrogen-bond acceptors (Lipinski definition) is 8. The molecule has 5 rings (SSSR count). The quantitative estimate of drug-likeness (QED) is 0.168. The van der Waals surface area contributed by atoms with Gasteiger partial charge in [-0.05, 0) is 47.7 Å². The van der Waals surface area contributed by atoms with E-state index in [2.05, 4.69) is 0 Å². The Hall–Kier alpha value is -3.97. The van der Waals surface area contributed by atoms with E-state index < -0.39 is 26.0 Å². The van der Waals surface area contributed by atoms with E-state index in [4.69, 9.17) is 9.15 Å². The second-order valence-electron chi connectivity index (χ2n) is 10.2. The Labute approximate surface area is 251 Å². The fourth-order valence-corrected chi connectivity index (χ4v) is 5.98. The van der Waals surface area contributed by atoms with Crippen molar-refractivity contribution in [3.63, 3.8) is 0 Å². The van der Waals surface area contributed by atoms with E-state index in [9.17, 15) is 25.9 Å². The average molecular weight is 625 g/mol. The molecule has 10 nitrogen and oxygen atoms in total. The van der Waals surface area contributed by atoms with Crippen LogP contribution in [0.5, 0.6) is 5.75 Å². The summed E-state index contributed by atoms with van der Waals surface area (Å²) in [6, 6.07) is 23.1. The molecule has 0 bridgehead atoms. The van der Waals surface area contributed by atoms with Gasteiger partial charge >= 0.3 is 5.89 Å². The van der Waals surface area contributed by atoms with Crippen LogP contribution in [0.1, 0.15) is 32.1 Å². The number of nitrogens with zero attached hydrogens (tertiary/aromatic N) is 2. The number of aromatic nitrogens is 1. The Morgan fingerprint density at radius 3 is 2.42 bits per heavy atom. The van der Waals surface area contributed by atoms with Gasteiger partial charge in [0.1, 0.15) is 0 Å². The van der Waals surface area contributed by atoms with E-state index in [0.29, 0.717) is 29.5 Å². The summed E-state index contributed by atoms with van der Waals surface area (Å²) in [5.41, 5.74) is 4.98. The van der Waals surface area contributed by atoms with Crippen LogP contribution in [0, 0.1) is 0 Å². The molecular weight excluding hydrogens is 592 g/mol. The van der Waals surface area contributed by atoms with Crippen molar-refractivity contribution >= 4 is 43.1 Å². The highest BCUT2D eigenvalue weighted by Gasteiger charge is 2.28. The maximum absolute atomic E-state index is 11.5. The number of benzene rings is 3. The largest absolute Gasteiger partial charge is 0.748 e. The second-order valence-corrected chi connectivity index (χ2v) is 13.3. The normalized spacial score (nSPS) is 14.8. The molecule has 1 aliphatic heterocycles. The van der Waals surface area contributed by atoms with Crippen LogP contribution < -0.4 is 14.2 Å². The summed E-state index contributed by atoms with van der Waals surface area (Å²) in [6.45, 7) is 2.52. The zero-order chi connectivity index (χ0) is 30.6. The van der Waals surface area contributed by atoms with Gasteiger partial charge in [-0.1, -0.05) is 55.5 Å². The number of ether oxygens (including phenoxy) is 1. The van der Waals surface area contributed by atoms with E-state index in [1.54, 1.807) is 0 Å². The van der Waals surface area contributed by atoms with Crippen LogP contribution in [-0.2, 0) is 26.8 Å². The van der Waals surface area contributed by atoms with E-state index in [-0.39, 0.29) is 31.7 Å². The number of fused-ring (bicyclic) bond motifs is 2. The lowest BCUT2D eigenvalue weighted by Crippen LogP contribution is -2.36. The summed E-state index contributed by atoms with van der Waals surface area (Å²) in [7, 11) is -8.49. The lowest BCUT2D eigenvalue weighted by atomic mass is 10.0. The molecule has 43 heavy (non-hydrogen) atoms. The van der Waals surface area contributed by atoms with Gasteiger partial charge in [0.2, 0.25) is 11.5 Å². The Kier molecular flexibility index (Phi) is 9.02. The maximum Gasteiger partial charge on any atom is 0.374 e. The van der Waals surface area contributed by atoms with Gasteiger partial charge in [0, 0.05) is 30.9 Å². The summed E-state index contributed by atoms with van der Waals surface area (Å²) in [5, 5.41) is 0. The molecular formula is C31H32N2O8S2. The molecule has 3 aromatic carbocycles. The molecule has 1 aromatic heterocycles. The highest BCUT2D eigenvalue weighted by Crippen LogP contribution is 2.42. The molecule has 0 saturated carbocycles. The Morgan fingerprint density at radius 1 is 0.953 bits per heavy atom. The standard InChI is InChI=1S/C31H32N2O8S2/c1-2-23(20-30-32(16-8-18-42(34,35)36)26-12-6-7-13-28(26)40-30)21-31-33(17-9-19-43(37,38)39)27-22-25(14-15-29(27)41-31)24-10-4-3-5-11-24/h3-7,10-15,20-22H,2,8-9,16-19H2,1H3,(H-,34,35,36,37,38,39). The maximum atomic E-state index is 11.5. The third-order valence-electron chi connectivity index (χ3n) is 7.06. The third kappa shape index (κ3) is 7.71. The molecule has 0 unspecified atom stereocenters. The first-order chi connectivity index (χ1) is 20.5. The molecule has 1 aliphatic rings. The summed E-state index contributed by atoms with van der Waals surface area (Å²) >= 11 is 0. The van der Waals surface area contributed by atoms with E-state index in [1.165, 1.54) is 0 Å². The number of aryl methyl sites for hydroxylation is 1. The van der Waals surface area contributed by atoms with Crippen LogP contribution in [0.3, 0.4) is 0 Å². The Bertz CT molecular complexity index is 1900. The van der Waals surface area contributed by atoms with Gasteiger partial charge in [-0.2, -0.15) is 13.0 Å². The average Bonchev–Trinajstić information content (AvgIpc) is 3.48. The molecule has 4 aromatic rings. The van der Waals surface area contributed by atoms with E-state index in [1.807, 2.05) is 101 Å². The molecule has 0 radical (unpaired) electrons. The number of anilines is 1. The number of rotatable bonds is 12. The summed E-state index contributed by atoms with van der Waals surface area (Å²) in [6.07, 6.45) is 4.59. The van der Waals surface area contributed by atoms with Crippen molar-refractivity contribution in [2.75, 3.05) is 23.0 Å². The molecule has 226 valence electrons. The lowest BCUT2D eigenvalue weighted by Gasteiger charge is -2.19. The van der Waals surface area contributed by atoms with Crippen LogP contribution >= 0.6 is 0 Å². The van der Waals surface area contributed by atoms with Crippen molar-refractivity contribution in [3.8, 4) is 16.9 Å². The van der Waals surface area contributed by atoms with Crippen molar-refractivity contribution < 1.29 is 39.7 Å². The first kappa shape index (κ1) is 30.5. The van der Waals surface area contributed by atoms with Crippen molar-refractivity contribution in [1.29, 1.82) is 0 Å². The van der Waals surface area contributed by atoms with Gasteiger partial charge in [-0.25, -0.2) is 8.42 Å². The first-order valence-corrected chi connectivity index (χ1v) is 17.1. The SMILES string of the molecule is CCC(/C=C1\Oc2ccc(-c3ccccc3)cc2N1CCCS(=O)(=O)O)=C\c1oc2ccccc2[n+]1CCCS(=O)(=O)[O-]. The minimum absolute atomic E-state index is 0.132. The number of allylic oxidation sites excluding steroid dienone is 2. The Balaban J connectivity index is 1.51. The third-order valence-corrected chi connectivity index (χ3v) is 8.65. The fourth-order valence-electron chi connectivity index (χ4n) is 5.01. The predicted molar refractivity (Wildman–Crippen MR) is 163 cm³/mol. The number of hydrogen-bond donors (Lipinski definition) is 1. The first-order valence-electron chi connectivity index (χ1n) is 13.9. The van der Waals surface area contributed by atoms with E-state index >= 15 is 0 Å². The fraction of sp³-hybridized carbons (Fsp3) is 0.258. The van der Waals surface area contributed by atoms with Gasteiger partial charge in [0.15, 0.2) is 12.3 Å². The molecule has 0 fully saturated rings. The van der Waals surface area contributed by atoms with Gasteiger partial charge in [0.05, 0.1) is 27.6 Å². The van der Waals surface area contributed by atoms with Crippen molar-refractivity contribution in [2.45, 2.75) is 32.7 Å². The molecule has 0 atom stereocenters. The molecule has 0 saturated heterocycles. The molecule has 0 aliphatic carbocycles. The monoisotopic (exact) mass is 624 g/mol. The van der Waals surface area contributed by atoms with Crippen molar-refractivity contribution in [2.24, 2.45) is 0 Å². The molecule has 2 heterocycles. The highest BCUT2D eigenvalue weighted by atomic mass is 32.2. The van der Waals surface area contributed by atoms with Gasteiger partial charge in [-0.3, -0.25) is 4.55 Å². The van der Waals surface area contributed by atoms with Crippen LogP contribution in [0.25, 0.3) is 28.3 Å². The molecule has 0 spiro atoms. The van der Waals surface area contributed by atoms with Gasteiger partial charge in [-0.15, -0.1) is 0 Å². The van der Waals surface area contributed by atoms with Crippen molar-refractivity contribution in [3.05, 3.63) is 96.2 Å². The lowest BCUT2D eigenvalue weighted by molar-refractivity contribution is -0.677. The minimum Gasteiger partial charge on any atom is -0.748 e. The smallest absolute Gasteiger partial charge is 0.374 e. The second kappa shape index (κ2) is 12.7. The van der Waals surface area contributed by atoms with Gasteiger partial charge in [0.25, 0.3) is 15.6 Å². The summed E-state index contributed by atoms with van der Waals surface area (Å²) in [5.74, 6) is 0.717. The van der Waals surface area contributed by atoms with Crippen LogP contribution in [0.4, 0.5) is 5.69 Å². The molecule has 12 heteroatoms. The zero-order valence-corrected chi connectivity index (χ0v) is 25.2. The van der Waals surface area contributed by atoms with Crippen LogP contribution in [-0.4, -0.2) is 44.0 Å². The minimum atomic E-state index is -4.35. The number of oxazole rings is 1.